The molecule has 1 N–H and O–H groups in total. The summed E-state index contributed by atoms with van der Waals surface area (Å²) < 4.78 is 16.1. The van der Waals surface area contributed by atoms with Crippen LogP contribution in [0.3, 0.4) is 0 Å². The predicted molar refractivity (Wildman–Crippen MR) is 94.3 cm³/mol. The molecule has 2 fully saturated rings. The van der Waals surface area contributed by atoms with Crippen molar-refractivity contribution >= 4 is 18.0 Å². The zero-order valence-electron chi connectivity index (χ0n) is 15.4. The highest BCUT2D eigenvalue weighted by atomic mass is 16.6. The number of benzene rings is 1. The Bertz CT molecular complexity index is 693. The molecule has 0 bridgehead atoms. The summed E-state index contributed by atoms with van der Waals surface area (Å²) in [6.45, 7) is 4.20. The van der Waals surface area contributed by atoms with Crippen LogP contribution in [0.1, 0.15) is 25.8 Å². The summed E-state index contributed by atoms with van der Waals surface area (Å²) in [6, 6.07) is 8.45. The van der Waals surface area contributed by atoms with Gasteiger partial charge in [-0.3, -0.25) is 4.79 Å². The number of esters is 1. The Labute approximate surface area is 157 Å². The van der Waals surface area contributed by atoms with Crippen molar-refractivity contribution in [2.75, 3.05) is 13.2 Å². The van der Waals surface area contributed by atoms with Crippen molar-refractivity contribution in [1.29, 1.82) is 0 Å². The van der Waals surface area contributed by atoms with Gasteiger partial charge in [0.05, 0.1) is 13.0 Å². The van der Waals surface area contributed by atoms with Crippen molar-refractivity contribution in [3.05, 3.63) is 35.9 Å². The van der Waals surface area contributed by atoms with Gasteiger partial charge in [-0.05, 0) is 11.5 Å². The van der Waals surface area contributed by atoms with Crippen molar-refractivity contribution in [2.24, 2.45) is 5.92 Å². The Morgan fingerprint density at radius 2 is 2.00 bits per heavy atom. The fourth-order valence-corrected chi connectivity index (χ4v) is 3.00. The lowest BCUT2D eigenvalue weighted by atomic mass is 10.1. The molecule has 3 unspecified atom stereocenters. The Balaban J connectivity index is 1.44. The highest BCUT2D eigenvalue weighted by molar-refractivity contribution is 5.83. The molecule has 2 aliphatic rings. The van der Waals surface area contributed by atoms with Gasteiger partial charge in [0.1, 0.15) is 31.6 Å². The van der Waals surface area contributed by atoms with E-state index in [0.29, 0.717) is 13.0 Å². The van der Waals surface area contributed by atoms with Crippen LogP contribution in [-0.4, -0.2) is 54.4 Å². The monoisotopic (exact) mass is 376 g/mol. The normalized spacial score (nSPS) is 22.0. The van der Waals surface area contributed by atoms with Gasteiger partial charge in [-0.25, -0.2) is 9.59 Å². The molecule has 0 radical (unpaired) electrons. The van der Waals surface area contributed by atoms with Crippen LogP contribution in [0.15, 0.2) is 30.3 Å². The first-order valence-electron chi connectivity index (χ1n) is 9.03. The summed E-state index contributed by atoms with van der Waals surface area (Å²) in [5.41, 5.74) is 0.855. The summed E-state index contributed by atoms with van der Waals surface area (Å²) in [4.78, 5) is 37.4. The largest absolute Gasteiger partial charge is 0.461 e. The molecular weight excluding hydrogens is 352 g/mol. The summed E-state index contributed by atoms with van der Waals surface area (Å²) >= 11 is 0. The van der Waals surface area contributed by atoms with Crippen molar-refractivity contribution in [3.63, 3.8) is 0 Å². The van der Waals surface area contributed by atoms with Gasteiger partial charge in [0.25, 0.3) is 0 Å². The minimum atomic E-state index is -0.826. The van der Waals surface area contributed by atoms with Crippen LogP contribution in [-0.2, 0) is 30.4 Å². The highest BCUT2D eigenvalue weighted by Gasteiger charge is 2.45. The van der Waals surface area contributed by atoms with E-state index in [1.54, 1.807) is 18.7 Å². The molecule has 2 aliphatic heterocycles. The van der Waals surface area contributed by atoms with Crippen molar-refractivity contribution in [2.45, 2.75) is 45.2 Å². The number of nitrogens with one attached hydrogen (secondary N) is 1. The van der Waals surface area contributed by atoms with Crippen molar-refractivity contribution in [1.82, 2.24) is 10.2 Å². The third-order valence-corrected chi connectivity index (χ3v) is 4.59. The molecule has 2 saturated heterocycles. The van der Waals surface area contributed by atoms with Crippen LogP contribution in [0.5, 0.6) is 0 Å². The first-order valence-corrected chi connectivity index (χ1v) is 9.03. The molecule has 8 heteroatoms. The fourth-order valence-electron chi connectivity index (χ4n) is 3.00. The topological polar surface area (TPSA) is 94.2 Å². The zero-order valence-corrected chi connectivity index (χ0v) is 15.4. The predicted octanol–water partition coefficient (Wildman–Crippen LogP) is 1.44. The fraction of sp³-hybridized carbons (Fsp3) is 0.526. The van der Waals surface area contributed by atoms with Gasteiger partial charge in [-0.2, -0.15) is 0 Å². The standard InChI is InChI=1S/C19H24N2O6/c1-12(2)17(20-19(24)26-10-13-6-4-3-5-7-13)18(23)25-11-14-9-21-15(22)8-16(21)27-14/h3-7,12,14,16-17H,8-11H2,1-2H3,(H,20,24). The minimum absolute atomic E-state index is 0.0447. The van der Waals surface area contributed by atoms with E-state index < -0.39 is 18.1 Å². The van der Waals surface area contributed by atoms with Crippen LogP contribution in [0, 0.1) is 5.92 Å². The smallest absolute Gasteiger partial charge is 0.408 e. The first kappa shape index (κ1) is 19.2. The molecule has 27 heavy (non-hydrogen) atoms. The van der Waals surface area contributed by atoms with E-state index in [4.69, 9.17) is 14.2 Å². The maximum absolute atomic E-state index is 12.4. The van der Waals surface area contributed by atoms with Crippen LogP contribution < -0.4 is 5.32 Å². The number of fused-ring (bicyclic) bond motifs is 1. The molecule has 146 valence electrons. The quantitative estimate of drug-likeness (QED) is 0.572. The van der Waals surface area contributed by atoms with Crippen molar-refractivity contribution in [3.8, 4) is 0 Å². The molecular formula is C19H24N2O6. The number of ether oxygens (including phenoxy) is 3. The van der Waals surface area contributed by atoms with E-state index in [1.165, 1.54) is 0 Å². The summed E-state index contributed by atoms with van der Waals surface area (Å²) in [6.07, 6.45) is -0.814. The van der Waals surface area contributed by atoms with Gasteiger partial charge in [-0.1, -0.05) is 44.2 Å². The van der Waals surface area contributed by atoms with Crippen LogP contribution in [0.25, 0.3) is 0 Å². The molecule has 3 atom stereocenters. The van der Waals surface area contributed by atoms with Gasteiger partial charge in [0.15, 0.2) is 0 Å². The molecule has 0 spiro atoms. The third-order valence-electron chi connectivity index (χ3n) is 4.59. The maximum Gasteiger partial charge on any atom is 0.408 e. The molecule has 1 aromatic rings. The average Bonchev–Trinajstić information content (AvgIpc) is 2.99. The lowest BCUT2D eigenvalue weighted by Gasteiger charge is -2.31. The SMILES string of the molecule is CC(C)C(NC(=O)OCc1ccccc1)C(=O)OCC1CN2C(=O)CC2O1. The average molecular weight is 376 g/mol. The lowest BCUT2D eigenvalue weighted by molar-refractivity contribution is -0.160. The lowest BCUT2D eigenvalue weighted by Crippen LogP contribution is -2.48. The van der Waals surface area contributed by atoms with Crippen LogP contribution >= 0.6 is 0 Å². The minimum Gasteiger partial charge on any atom is -0.461 e. The third kappa shape index (κ3) is 4.77. The number of β-lactam (4-membered cyclic amide) rings is 1. The molecule has 0 saturated carbocycles. The highest BCUT2D eigenvalue weighted by Crippen LogP contribution is 2.28. The Hall–Kier alpha value is -2.61. The van der Waals surface area contributed by atoms with Gasteiger partial charge >= 0.3 is 12.1 Å². The van der Waals surface area contributed by atoms with Gasteiger partial charge in [0, 0.05) is 0 Å². The number of hydrogen-bond donors (Lipinski definition) is 1. The molecule has 2 amide bonds. The summed E-state index contributed by atoms with van der Waals surface area (Å²) in [5.74, 6) is -0.671. The van der Waals surface area contributed by atoms with E-state index >= 15 is 0 Å². The maximum atomic E-state index is 12.4. The molecule has 0 aliphatic carbocycles. The van der Waals surface area contributed by atoms with Gasteiger partial charge in [0.2, 0.25) is 5.91 Å². The van der Waals surface area contributed by atoms with Crippen LogP contribution in [0.2, 0.25) is 0 Å². The number of carbonyl (C=O) groups is 3. The second-order valence-corrected chi connectivity index (χ2v) is 7.02. The molecule has 8 nitrogen and oxygen atoms in total. The van der Waals surface area contributed by atoms with E-state index in [9.17, 15) is 14.4 Å². The summed E-state index contributed by atoms with van der Waals surface area (Å²) in [5, 5.41) is 2.56. The Morgan fingerprint density at radius 3 is 2.63 bits per heavy atom. The van der Waals surface area contributed by atoms with E-state index in [1.807, 2.05) is 30.3 Å². The zero-order chi connectivity index (χ0) is 19.4. The molecule has 2 heterocycles. The van der Waals surface area contributed by atoms with E-state index in [-0.39, 0.29) is 37.4 Å². The number of nitrogens with zero attached hydrogens (tertiary/aromatic N) is 1. The van der Waals surface area contributed by atoms with E-state index in [0.717, 1.165) is 5.56 Å². The number of alkyl carbamates (subject to hydrolysis) is 1. The second-order valence-electron chi connectivity index (χ2n) is 7.02. The number of rotatable bonds is 7. The van der Waals surface area contributed by atoms with Crippen molar-refractivity contribution < 1.29 is 28.6 Å². The Kier molecular flexibility index (Phi) is 5.95. The Morgan fingerprint density at radius 1 is 1.26 bits per heavy atom. The van der Waals surface area contributed by atoms with Gasteiger partial charge < -0.3 is 24.4 Å². The second kappa shape index (κ2) is 8.39. The molecule has 1 aromatic carbocycles. The van der Waals surface area contributed by atoms with E-state index in [2.05, 4.69) is 5.32 Å². The first-order chi connectivity index (χ1) is 12.9. The summed E-state index contributed by atoms with van der Waals surface area (Å²) in [7, 11) is 0. The van der Waals surface area contributed by atoms with Crippen LogP contribution in [0.4, 0.5) is 4.79 Å². The van der Waals surface area contributed by atoms with Gasteiger partial charge in [-0.15, -0.1) is 0 Å². The number of hydrogen-bond acceptors (Lipinski definition) is 6. The number of carbonyl (C=O) groups excluding carboxylic acids is 3. The number of amides is 2. The molecule has 0 aromatic heterocycles. The molecule has 3 rings (SSSR count).